The summed E-state index contributed by atoms with van der Waals surface area (Å²) >= 11 is 6.26. The first-order valence-corrected chi connectivity index (χ1v) is 9.24. The summed E-state index contributed by atoms with van der Waals surface area (Å²) < 4.78 is 11.9. The maximum absolute atomic E-state index is 12.5. The third-order valence-corrected chi connectivity index (χ3v) is 4.70. The highest BCUT2D eigenvalue weighted by Crippen LogP contribution is 2.27. The van der Waals surface area contributed by atoms with Crippen molar-refractivity contribution < 1.29 is 9.47 Å². The Labute approximate surface area is 168 Å². The van der Waals surface area contributed by atoms with E-state index in [0.29, 0.717) is 30.3 Å². The lowest BCUT2D eigenvalue weighted by molar-refractivity contribution is 0.354. The molecule has 0 bridgehead atoms. The van der Waals surface area contributed by atoms with Crippen LogP contribution in [0.3, 0.4) is 0 Å². The second-order valence-corrected chi connectivity index (χ2v) is 6.56. The van der Waals surface area contributed by atoms with Crippen LogP contribution in [0.5, 0.6) is 11.5 Å². The Hall–Kier alpha value is -2.99. The number of nitrogens with zero attached hydrogens (tertiary/aromatic N) is 2. The van der Waals surface area contributed by atoms with Gasteiger partial charge in [0.05, 0.1) is 32.6 Å². The van der Waals surface area contributed by atoms with Crippen LogP contribution in [0.1, 0.15) is 11.1 Å². The second kappa shape index (κ2) is 9.28. The lowest BCUT2D eigenvalue weighted by Gasteiger charge is -2.12. The van der Waals surface area contributed by atoms with E-state index in [1.165, 1.54) is 4.68 Å². The predicted molar refractivity (Wildman–Crippen MR) is 111 cm³/mol. The molecule has 1 heterocycles. The maximum atomic E-state index is 12.5. The SMILES string of the molecule is COc1ccc(CCNc2cnn(Cc3ccccc3)c(=O)c2Cl)cc1OC. The van der Waals surface area contributed by atoms with Crippen LogP contribution in [-0.4, -0.2) is 30.5 Å². The molecule has 0 aliphatic rings. The molecule has 0 amide bonds. The molecule has 28 heavy (non-hydrogen) atoms. The van der Waals surface area contributed by atoms with Crippen molar-refractivity contribution in [2.24, 2.45) is 0 Å². The molecule has 0 saturated carbocycles. The highest BCUT2D eigenvalue weighted by molar-refractivity contribution is 6.32. The van der Waals surface area contributed by atoms with Crippen molar-refractivity contribution in [1.29, 1.82) is 0 Å². The zero-order valence-electron chi connectivity index (χ0n) is 15.8. The van der Waals surface area contributed by atoms with Crippen molar-refractivity contribution in [2.75, 3.05) is 26.1 Å². The zero-order valence-corrected chi connectivity index (χ0v) is 16.6. The van der Waals surface area contributed by atoms with Gasteiger partial charge in [0.2, 0.25) is 0 Å². The van der Waals surface area contributed by atoms with Gasteiger partial charge >= 0.3 is 0 Å². The van der Waals surface area contributed by atoms with Crippen LogP contribution < -0.4 is 20.3 Å². The number of hydrogen-bond donors (Lipinski definition) is 1. The van der Waals surface area contributed by atoms with Gasteiger partial charge < -0.3 is 14.8 Å². The Morgan fingerprint density at radius 1 is 1.04 bits per heavy atom. The third kappa shape index (κ3) is 4.64. The summed E-state index contributed by atoms with van der Waals surface area (Å²) in [6.07, 6.45) is 2.31. The van der Waals surface area contributed by atoms with Gasteiger partial charge in [-0.25, -0.2) is 4.68 Å². The fraction of sp³-hybridized carbons (Fsp3) is 0.238. The quantitative estimate of drug-likeness (QED) is 0.626. The Morgan fingerprint density at radius 3 is 2.50 bits per heavy atom. The van der Waals surface area contributed by atoms with Gasteiger partial charge in [-0.3, -0.25) is 4.79 Å². The van der Waals surface area contributed by atoms with Crippen LogP contribution in [0.4, 0.5) is 5.69 Å². The molecule has 0 aliphatic heterocycles. The summed E-state index contributed by atoms with van der Waals surface area (Å²) in [6.45, 7) is 0.977. The van der Waals surface area contributed by atoms with Crippen molar-refractivity contribution in [3.63, 3.8) is 0 Å². The van der Waals surface area contributed by atoms with E-state index >= 15 is 0 Å². The van der Waals surface area contributed by atoms with Crippen molar-refractivity contribution in [3.8, 4) is 11.5 Å². The average Bonchev–Trinajstić information content (AvgIpc) is 2.73. The standard InChI is InChI=1S/C21H22ClN3O3/c1-27-18-9-8-15(12-19(18)28-2)10-11-23-17-13-24-25(21(26)20(17)22)14-16-6-4-3-5-7-16/h3-9,12-13,23H,10-11,14H2,1-2H3. The largest absolute Gasteiger partial charge is 0.493 e. The van der Waals surface area contributed by atoms with Crippen molar-refractivity contribution in [2.45, 2.75) is 13.0 Å². The van der Waals surface area contributed by atoms with Gasteiger partial charge in [0.25, 0.3) is 5.56 Å². The van der Waals surface area contributed by atoms with E-state index in [-0.39, 0.29) is 10.6 Å². The minimum atomic E-state index is -0.318. The zero-order chi connectivity index (χ0) is 19.9. The number of hydrogen-bond acceptors (Lipinski definition) is 5. The summed E-state index contributed by atoms with van der Waals surface area (Å²) in [5, 5.41) is 7.55. The number of methoxy groups -OCH3 is 2. The minimum Gasteiger partial charge on any atom is -0.493 e. The molecule has 0 aliphatic carbocycles. The van der Waals surface area contributed by atoms with Gasteiger partial charge in [-0.2, -0.15) is 5.10 Å². The molecule has 7 heteroatoms. The van der Waals surface area contributed by atoms with E-state index < -0.39 is 0 Å². The highest BCUT2D eigenvalue weighted by atomic mass is 35.5. The first-order valence-electron chi connectivity index (χ1n) is 8.86. The average molecular weight is 400 g/mol. The van der Waals surface area contributed by atoms with Crippen molar-refractivity contribution >= 4 is 17.3 Å². The molecule has 0 spiro atoms. The molecule has 1 aromatic heterocycles. The molecule has 0 fully saturated rings. The Bertz CT molecular complexity index is 990. The van der Waals surface area contributed by atoms with Crippen LogP contribution in [-0.2, 0) is 13.0 Å². The van der Waals surface area contributed by atoms with Gasteiger partial charge in [0, 0.05) is 6.54 Å². The molecule has 2 aromatic carbocycles. The molecular formula is C21H22ClN3O3. The molecule has 3 rings (SSSR count). The number of anilines is 1. The topological polar surface area (TPSA) is 65.4 Å². The molecule has 0 radical (unpaired) electrons. The predicted octanol–water partition coefficient (Wildman–Crippen LogP) is 3.62. The smallest absolute Gasteiger partial charge is 0.287 e. The van der Waals surface area contributed by atoms with Gasteiger partial charge in [0.15, 0.2) is 11.5 Å². The summed E-state index contributed by atoms with van der Waals surface area (Å²) in [5.41, 5.74) is 2.27. The highest BCUT2D eigenvalue weighted by Gasteiger charge is 2.10. The first kappa shape index (κ1) is 19.8. The molecule has 0 saturated heterocycles. The van der Waals surface area contributed by atoms with Crippen LogP contribution in [0.15, 0.2) is 59.5 Å². The van der Waals surface area contributed by atoms with Crippen LogP contribution in [0, 0.1) is 0 Å². The molecule has 6 nitrogen and oxygen atoms in total. The molecule has 3 aromatic rings. The van der Waals surface area contributed by atoms with Crippen molar-refractivity contribution in [3.05, 3.63) is 81.2 Å². The maximum Gasteiger partial charge on any atom is 0.287 e. The van der Waals surface area contributed by atoms with Crippen molar-refractivity contribution in [1.82, 2.24) is 9.78 Å². The van der Waals surface area contributed by atoms with E-state index in [9.17, 15) is 4.79 Å². The Morgan fingerprint density at radius 2 is 1.79 bits per heavy atom. The van der Waals surface area contributed by atoms with E-state index in [1.54, 1.807) is 20.4 Å². The summed E-state index contributed by atoms with van der Waals surface area (Å²) in [7, 11) is 3.21. The fourth-order valence-corrected chi connectivity index (χ4v) is 3.05. The lowest BCUT2D eigenvalue weighted by atomic mass is 10.1. The molecule has 1 N–H and O–H groups in total. The number of benzene rings is 2. The van der Waals surface area contributed by atoms with Crippen LogP contribution >= 0.6 is 11.6 Å². The van der Waals surface area contributed by atoms with Gasteiger partial charge in [0.1, 0.15) is 5.02 Å². The molecule has 0 unspecified atom stereocenters. The summed E-state index contributed by atoms with van der Waals surface area (Å²) in [4.78, 5) is 12.5. The first-order chi connectivity index (χ1) is 13.6. The number of ether oxygens (including phenoxy) is 2. The number of rotatable bonds is 8. The molecular weight excluding hydrogens is 378 g/mol. The van der Waals surface area contributed by atoms with Crippen LogP contribution in [0.25, 0.3) is 0 Å². The molecule has 0 atom stereocenters. The Balaban J connectivity index is 1.65. The van der Waals surface area contributed by atoms with E-state index in [4.69, 9.17) is 21.1 Å². The normalized spacial score (nSPS) is 10.5. The molecule has 146 valence electrons. The van der Waals surface area contributed by atoms with E-state index in [0.717, 1.165) is 17.5 Å². The minimum absolute atomic E-state index is 0.137. The monoisotopic (exact) mass is 399 g/mol. The van der Waals surface area contributed by atoms with Crippen LogP contribution in [0.2, 0.25) is 5.02 Å². The number of halogens is 1. The van der Waals surface area contributed by atoms with Gasteiger partial charge in [-0.05, 0) is 29.7 Å². The lowest BCUT2D eigenvalue weighted by Crippen LogP contribution is -2.25. The number of nitrogens with one attached hydrogen (secondary N) is 1. The third-order valence-electron chi connectivity index (χ3n) is 4.34. The van der Waals surface area contributed by atoms with E-state index in [1.807, 2.05) is 48.5 Å². The summed E-state index contributed by atoms with van der Waals surface area (Å²) in [5.74, 6) is 1.37. The summed E-state index contributed by atoms with van der Waals surface area (Å²) in [6, 6.07) is 15.4. The van der Waals surface area contributed by atoms with Gasteiger partial charge in [-0.15, -0.1) is 0 Å². The van der Waals surface area contributed by atoms with E-state index in [2.05, 4.69) is 10.4 Å². The Kier molecular flexibility index (Phi) is 6.55. The fourth-order valence-electron chi connectivity index (χ4n) is 2.83. The number of aromatic nitrogens is 2. The van der Waals surface area contributed by atoms with Gasteiger partial charge in [-0.1, -0.05) is 48.0 Å². The second-order valence-electron chi connectivity index (χ2n) is 6.19.